The molecule has 0 N–H and O–H groups in total. The van der Waals surface area contributed by atoms with Crippen molar-refractivity contribution in [1.29, 1.82) is 0 Å². The van der Waals surface area contributed by atoms with E-state index in [1.165, 1.54) is 0 Å². The van der Waals surface area contributed by atoms with E-state index in [-0.39, 0.29) is 0 Å². The molecule has 2 nitrogen and oxygen atoms in total. The van der Waals surface area contributed by atoms with Gasteiger partial charge in [-0.2, -0.15) is 5.10 Å². The van der Waals surface area contributed by atoms with E-state index in [1.54, 1.807) is 6.20 Å². The maximum Gasteiger partial charge on any atom is 0.0569 e. The van der Waals surface area contributed by atoms with E-state index in [0.717, 1.165) is 0 Å². The summed E-state index contributed by atoms with van der Waals surface area (Å²) in [6.45, 7) is 4.17. The molecule has 0 aliphatic carbocycles. The highest BCUT2D eigenvalue weighted by Gasteiger charge is 1.91. The minimum Gasteiger partial charge on any atom is -0.270 e. The molecule has 1 rings (SSSR count). The molecule has 1 aromatic rings. The quantitative estimate of drug-likeness (QED) is 0.531. The van der Waals surface area contributed by atoms with Gasteiger partial charge in [0.05, 0.1) is 6.20 Å². The molecule has 0 atom stereocenters. The lowest BCUT2D eigenvalue weighted by Crippen LogP contribution is -1.99. The van der Waals surface area contributed by atoms with Crippen molar-refractivity contribution in [2.24, 2.45) is 0 Å². The van der Waals surface area contributed by atoms with Crippen molar-refractivity contribution in [2.75, 3.05) is 0 Å². The van der Waals surface area contributed by atoms with Crippen LogP contribution in [0.15, 0.2) is 12.4 Å². The number of nitrogens with zero attached hydrogens (tertiary/aromatic N) is 2. The first kappa shape index (κ1) is 5.35. The second-order valence-electron chi connectivity index (χ2n) is 2.01. The molecule has 2 heteroatoms. The van der Waals surface area contributed by atoms with Crippen molar-refractivity contribution in [3.63, 3.8) is 0 Å². The van der Waals surface area contributed by atoms with Crippen LogP contribution in [-0.4, -0.2) is 9.78 Å². The minimum absolute atomic E-state index is 0.459. The highest BCUT2D eigenvalue weighted by Crippen LogP contribution is 1.97. The third-order valence-corrected chi connectivity index (χ3v) is 1.00. The van der Waals surface area contributed by atoms with Gasteiger partial charge in [0.15, 0.2) is 0 Å². The molecule has 0 amide bonds. The number of aromatic nitrogens is 2. The zero-order valence-corrected chi connectivity index (χ0v) is 5.13. The zero-order chi connectivity index (χ0) is 5.98. The Kier molecular flexibility index (Phi) is 1.33. The summed E-state index contributed by atoms with van der Waals surface area (Å²) in [5.41, 5.74) is 0. The van der Waals surface area contributed by atoms with Gasteiger partial charge in [-0.15, -0.1) is 0 Å². The largest absolute Gasteiger partial charge is 0.270 e. The van der Waals surface area contributed by atoms with Gasteiger partial charge in [-0.25, -0.2) is 0 Å². The summed E-state index contributed by atoms with van der Waals surface area (Å²) < 4.78 is 1.86. The zero-order valence-electron chi connectivity index (χ0n) is 5.13. The van der Waals surface area contributed by atoms with E-state index in [0.29, 0.717) is 6.04 Å². The Morgan fingerprint density at radius 1 is 1.62 bits per heavy atom. The summed E-state index contributed by atoms with van der Waals surface area (Å²) in [5, 5.41) is 3.98. The summed E-state index contributed by atoms with van der Waals surface area (Å²) in [6, 6.07) is 3.32. The van der Waals surface area contributed by atoms with Crippen LogP contribution in [-0.2, 0) is 0 Å². The summed E-state index contributed by atoms with van der Waals surface area (Å²) in [5.74, 6) is 0. The van der Waals surface area contributed by atoms with E-state index in [2.05, 4.69) is 25.0 Å². The molecular weight excluding hydrogens is 100 g/mol. The molecule has 8 heavy (non-hydrogen) atoms. The molecule has 0 spiro atoms. The Morgan fingerprint density at radius 3 is 2.62 bits per heavy atom. The van der Waals surface area contributed by atoms with Gasteiger partial charge in [0.1, 0.15) is 0 Å². The predicted octanol–water partition coefficient (Wildman–Crippen LogP) is 1.26. The molecule has 0 saturated carbocycles. The Bertz CT molecular complexity index is 142. The normalized spacial score (nSPS) is 10.4. The van der Waals surface area contributed by atoms with Crippen molar-refractivity contribution >= 4 is 0 Å². The molecular formula is C6H9N2. The lowest BCUT2D eigenvalue weighted by atomic mass is 10.4. The van der Waals surface area contributed by atoms with E-state index in [9.17, 15) is 0 Å². The lowest BCUT2D eigenvalue weighted by Gasteiger charge is -2.01. The number of hydrogen-bond donors (Lipinski definition) is 0. The fourth-order valence-corrected chi connectivity index (χ4v) is 0.525. The first-order valence-corrected chi connectivity index (χ1v) is 2.71. The molecule has 0 bridgehead atoms. The molecule has 1 aromatic heterocycles. The fourth-order valence-electron chi connectivity index (χ4n) is 0.525. The van der Waals surface area contributed by atoms with E-state index >= 15 is 0 Å². The van der Waals surface area contributed by atoms with Crippen molar-refractivity contribution in [3.8, 4) is 0 Å². The summed E-state index contributed by atoms with van der Waals surface area (Å²) in [7, 11) is 0. The summed E-state index contributed by atoms with van der Waals surface area (Å²) in [4.78, 5) is 0. The van der Waals surface area contributed by atoms with Crippen molar-refractivity contribution < 1.29 is 0 Å². The number of rotatable bonds is 1. The minimum atomic E-state index is 0.459. The smallest absolute Gasteiger partial charge is 0.0569 e. The second kappa shape index (κ2) is 1.99. The molecule has 0 aromatic carbocycles. The Balaban J connectivity index is 2.77. The van der Waals surface area contributed by atoms with Crippen molar-refractivity contribution in [3.05, 3.63) is 18.5 Å². The molecule has 43 valence electrons. The van der Waals surface area contributed by atoms with Gasteiger partial charge in [0.2, 0.25) is 0 Å². The Labute approximate surface area is 49.1 Å². The number of hydrogen-bond acceptors (Lipinski definition) is 1. The van der Waals surface area contributed by atoms with Crippen molar-refractivity contribution in [1.82, 2.24) is 9.78 Å². The standard InChI is InChI=1S/C6H9N2/c1-6(2)8-5-3-4-7-8/h4-6H,1-2H3. The lowest BCUT2D eigenvalue weighted by molar-refractivity contribution is 0.532. The van der Waals surface area contributed by atoms with Crippen LogP contribution < -0.4 is 0 Å². The first-order valence-electron chi connectivity index (χ1n) is 2.71. The fraction of sp³-hybridized carbons (Fsp3) is 0.500. The van der Waals surface area contributed by atoms with Crippen LogP contribution in [0.4, 0.5) is 0 Å². The molecule has 0 fully saturated rings. The third kappa shape index (κ3) is 0.886. The van der Waals surface area contributed by atoms with Gasteiger partial charge in [0, 0.05) is 18.3 Å². The topological polar surface area (TPSA) is 17.8 Å². The maximum atomic E-state index is 3.98. The first-order chi connectivity index (χ1) is 3.80. The van der Waals surface area contributed by atoms with Gasteiger partial charge < -0.3 is 0 Å². The highest BCUT2D eigenvalue weighted by atomic mass is 15.3. The maximum absolute atomic E-state index is 3.98. The van der Waals surface area contributed by atoms with Crippen LogP contribution >= 0.6 is 0 Å². The van der Waals surface area contributed by atoms with E-state index < -0.39 is 0 Å². The van der Waals surface area contributed by atoms with Gasteiger partial charge in [-0.1, -0.05) is 0 Å². The predicted molar refractivity (Wildman–Crippen MR) is 31.4 cm³/mol. The van der Waals surface area contributed by atoms with Crippen LogP contribution in [0.3, 0.4) is 0 Å². The molecule has 0 saturated heterocycles. The Hall–Kier alpha value is -0.790. The van der Waals surface area contributed by atoms with Gasteiger partial charge in [0.25, 0.3) is 0 Å². The third-order valence-electron chi connectivity index (χ3n) is 1.00. The SMILES string of the molecule is CC(C)n1c[c]cn1. The van der Waals surface area contributed by atoms with E-state index in [1.807, 2.05) is 10.9 Å². The summed E-state index contributed by atoms with van der Waals surface area (Å²) >= 11 is 0. The van der Waals surface area contributed by atoms with Crippen LogP contribution in [0.2, 0.25) is 0 Å². The monoisotopic (exact) mass is 109 g/mol. The van der Waals surface area contributed by atoms with Crippen molar-refractivity contribution in [2.45, 2.75) is 19.9 Å². The van der Waals surface area contributed by atoms with Crippen LogP contribution in [0, 0.1) is 6.07 Å². The van der Waals surface area contributed by atoms with Crippen LogP contribution in [0.25, 0.3) is 0 Å². The van der Waals surface area contributed by atoms with Gasteiger partial charge in [-0.05, 0) is 13.8 Å². The van der Waals surface area contributed by atoms with Crippen LogP contribution in [0.5, 0.6) is 0 Å². The van der Waals surface area contributed by atoms with Gasteiger partial charge in [-0.3, -0.25) is 4.68 Å². The highest BCUT2D eigenvalue weighted by molar-refractivity contribution is 4.76. The molecule has 0 aliphatic heterocycles. The van der Waals surface area contributed by atoms with Gasteiger partial charge >= 0.3 is 0 Å². The second-order valence-corrected chi connectivity index (χ2v) is 2.01. The molecule has 0 unspecified atom stereocenters. The average molecular weight is 109 g/mol. The van der Waals surface area contributed by atoms with Crippen LogP contribution in [0.1, 0.15) is 19.9 Å². The summed E-state index contributed by atoms with van der Waals surface area (Å²) in [6.07, 6.45) is 3.50. The van der Waals surface area contributed by atoms with E-state index in [4.69, 9.17) is 0 Å². The molecule has 0 aliphatic rings. The molecule has 1 heterocycles. The molecule has 1 radical (unpaired) electrons. The average Bonchev–Trinajstić information content (AvgIpc) is 2.12. The Morgan fingerprint density at radius 2 is 2.38 bits per heavy atom.